The summed E-state index contributed by atoms with van der Waals surface area (Å²) in [5, 5.41) is 23.9. The Kier molecular flexibility index (Phi) is 34.1. The lowest BCUT2D eigenvalue weighted by atomic mass is 10.0. The molecule has 0 bridgehead atoms. The minimum atomic E-state index is -4.39. The summed E-state index contributed by atoms with van der Waals surface area (Å²) < 4.78 is 22.0. The third-order valence-corrected chi connectivity index (χ3v) is 9.90. The molecular weight excluding hydrogens is 627 g/mol. The van der Waals surface area contributed by atoms with Crippen molar-refractivity contribution in [3.63, 3.8) is 0 Å². The number of phosphoric acid groups is 1. The number of allylic oxidation sites excluding steroid dienone is 1. The zero-order chi connectivity index (χ0) is 35.6. The zero-order valence-corrected chi connectivity index (χ0v) is 32.0. The summed E-state index contributed by atoms with van der Waals surface area (Å²) in [6, 6.07) is -0.975. The molecule has 0 heterocycles. The van der Waals surface area contributed by atoms with Gasteiger partial charge in [-0.3, -0.25) is 13.8 Å². The predicted octanol–water partition coefficient (Wildman–Crippen LogP) is 9.41. The fourth-order valence-corrected chi connectivity index (χ4v) is 6.64. The average Bonchev–Trinajstić information content (AvgIpc) is 3.06. The zero-order valence-electron chi connectivity index (χ0n) is 31.1. The van der Waals surface area contributed by atoms with Gasteiger partial charge in [0.15, 0.2) is 0 Å². The second kappa shape index (κ2) is 34.6. The molecule has 0 fully saturated rings. The molecule has 0 saturated heterocycles. The maximum Gasteiger partial charge on any atom is 0.472 e. The maximum atomic E-state index is 12.7. The molecule has 9 nitrogen and oxygen atoms in total. The van der Waals surface area contributed by atoms with Crippen LogP contribution < -0.4 is 11.1 Å². The Morgan fingerprint density at radius 2 is 1.15 bits per heavy atom. The fraction of sp³-hybridized carbons (Fsp3) is 0.921. The van der Waals surface area contributed by atoms with Crippen molar-refractivity contribution in [3.8, 4) is 0 Å². The van der Waals surface area contributed by atoms with Crippen LogP contribution in [0, 0.1) is 0 Å². The Balaban J connectivity index is 4.37. The van der Waals surface area contributed by atoms with E-state index in [4.69, 9.17) is 14.8 Å². The second-order valence-corrected chi connectivity index (χ2v) is 15.1. The van der Waals surface area contributed by atoms with E-state index in [-0.39, 0.29) is 19.6 Å². The van der Waals surface area contributed by atoms with Crippen LogP contribution in [0.2, 0.25) is 0 Å². The number of carbonyl (C=O) groups is 1. The molecule has 0 aromatic rings. The maximum absolute atomic E-state index is 12.7. The van der Waals surface area contributed by atoms with Crippen molar-refractivity contribution in [2.75, 3.05) is 19.8 Å². The molecule has 0 aromatic carbocycles. The highest BCUT2D eigenvalue weighted by Crippen LogP contribution is 2.43. The standard InChI is InChI=1S/C38H77N2O7P/c1-3-5-7-9-11-13-14-15-16-17-18-19-20-22-24-26-28-30-37(42)36(34-47-48(44,45)46-32-31-39)40-38(43)33-35(41)29-27-25-23-21-12-10-8-6-4-2/h28,30,35-37,41-42H,3-27,29,31-34,39H2,1-2H3,(H,40,43)(H,44,45)/b30-28+. The third kappa shape index (κ3) is 32.4. The van der Waals surface area contributed by atoms with Crippen molar-refractivity contribution < 1.29 is 33.5 Å². The Labute approximate surface area is 295 Å². The SMILES string of the molecule is CCCCCCCCCCCCCCCCC/C=C/C(O)C(COP(=O)(O)OCCN)NC(=O)CC(O)CCCCCCCCCCC. The van der Waals surface area contributed by atoms with E-state index >= 15 is 0 Å². The van der Waals surface area contributed by atoms with Crippen molar-refractivity contribution >= 4 is 13.7 Å². The predicted molar refractivity (Wildman–Crippen MR) is 200 cm³/mol. The number of amides is 1. The number of hydrogen-bond acceptors (Lipinski definition) is 7. The van der Waals surface area contributed by atoms with Crippen molar-refractivity contribution in [2.45, 2.75) is 205 Å². The van der Waals surface area contributed by atoms with Gasteiger partial charge >= 0.3 is 7.82 Å². The van der Waals surface area contributed by atoms with Crippen LogP contribution >= 0.6 is 7.82 Å². The van der Waals surface area contributed by atoms with Gasteiger partial charge in [0.25, 0.3) is 0 Å². The number of nitrogens with one attached hydrogen (secondary N) is 1. The average molecular weight is 705 g/mol. The second-order valence-electron chi connectivity index (χ2n) is 13.7. The minimum absolute atomic E-state index is 0.0512. The third-order valence-electron chi connectivity index (χ3n) is 8.92. The number of aliphatic hydroxyl groups excluding tert-OH is 2. The van der Waals surface area contributed by atoms with Crippen LogP contribution in [0.5, 0.6) is 0 Å². The molecule has 0 aliphatic carbocycles. The van der Waals surface area contributed by atoms with Gasteiger partial charge in [-0.05, 0) is 19.3 Å². The van der Waals surface area contributed by atoms with E-state index in [0.717, 1.165) is 38.5 Å². The van der Waals surface area contributed by atoms with E-state index in [1.165, 1.54) is 122 Å². The van der Waals surface area contributed by atoms with E-state index in [1.54, 1.807) is 6.08 Å². The minimum Gasteiger partial charge on any atom is -0.393 e. The summed E-state index contributed by atoms with van der Waals surface area (Å²) in [6.07, 6.45) is 33.0. The summed E-state index contributed by atoms with van der Waals surface area (Å²) in [7, 11) is -4.39. The van der Waals surface area contributed by atoms with Crippen molar-refractivity contribution in [2.24, 2.45) is 5.73 Å². The number of aliphatic hydroxyl groups is 2. The molecule has 0 aromatic heterocycles. The highest BCUT2D eigenvalue weighted by atomic mass is 31.2. The molecule has 0 aliphatic rings. The van der Waals surface area contributed by atoms with E-state index in [1.807, 2.05) is 6.08 Å². The normalized spacial score (nSPS) is 15.0. The van der Waals surface area contributed by atoms with Crippen LogP contribution in [-0.4, -0.2) is 59.0 Å². The van der Waals surface area contributed by atoms with Gasteiger partial charge in [0.05, 0.1) is 37.9 Å². The summed E-state index contributed by atoms with van der Waals surface area (Å²) in [5.74, 6) is -0.447. The molecule has 1 amide bonds. The van der Waals surface area contributed by atoms with E-state index in [2.05, 4.69) is 19.2 Å². The smallest absolute Gasteiger partial charge is 0.393 e. The molecule has 0 saturated carbocycles. The monoisotopic (exact) mass is 705 g/mol. The summed E-state index contributed by atoms with van der Waals surface area (Å²) in [4.78, 5) is 22.6. The van der Waals surface area contributed by atoms with Gasteiger partial charge in [-0.25, -0.2) is 4.57 Å². The van der Waals surface area contributed by atoms with Gasteiger partial charge in [0, 0.05) is 6.54 Å². The molecule has 6 N–H and O–H groups in total. The van der Waals surface area contributed by atoms with Gasteiger partial charge in [0.2, 0.25) is 5.91 Å². The molecule has 48 heavy (non-hydrogen) atoms. The van der Waals surface area contributed by atoms with Crippen molar-refractivity contribution in [3.05, 3.63) is 12.2 Å². The molecule has 4 unspecified atom stereocenters. The Morgan fingerprint density at radius 1 is 0.708 bits per heavy atom. The molecule has 10 heteroatoms. The number of nitrogens with two attached hydrogens (primary N) is 1. The number of carbonyl (C=O) groups excluding carboxylic acids is 1. The molecule has 0 rings (SSSR count). The topological polar surface area (TPSA) is 151 Å². The summed E-state index contributed by atoms with van der Waals surface area (Å²) >= 11 is 0. The number of phosphoric ester groups is 1. The van der Waals surface area contributed by atoms with Crippen molar-refractivity contribution in [1.82, 2.24) is 5.32 Å². The number of hydrogen-bond donors (Lipinski definition) is 5. The van der Waals surface area contributed by atoms with E-state index in [9.17, 15) is 24.5 Å². The lowest BCUT2D eigenvalue weighted by Crippen LogP contribution is -2.46. The van der Waals surface area contributed by atoms with Gasteiger partial charge in [-0.2, -0.15) is 0 Å². The van der Waals surface area contributed by atoms with Crippen LogP contribution in [0.15, 0.2) is 12.2 Å². The first-order valence-corrected chi connectivity index (χ1v) is 21.4. The highest BCUT2D eigenvalue weighted by molar-refractivity contribution is 7.47. The number of rotatable bonds is 37. The lowest BCUT2D eigenvalue weighted by Gasteiger charge is -2.24. The largest absolute Gasteiger partial charge is 0.472 e. The van der Waals surface area contributed by atoms with Gasteiger partial charge < -0.3 is 26.2 Å². The summed E-state index contributed by atoms with van der Waals surface area (Å²) in [5.41, 5.74) is 5.34. The quantitative estimate of drug-likeness (QED) is 0.0244. The molecule has 0 radical (unpaired) electrons. The molecule has 4 atom stereocenters. The molecule has 286 valence electrons. The Bertz CT molecular complexity index is 786. The van der Waals surface area contributed by atoms with Crippen LogP contribution in [0.3, 0.4) is 0 Å². The Morgan fingerprint density at radius 3 is 1.60 bits per heavy atom. The molecule has 0 aliphatic heterocycles. The van der Waals surface area contributed by atoms with Gasteiger partial charge in [-0.1, -0.05) is 174 Å². The highest BCUT2D eigenvalue weighted by Gasteiger charge is 2.27. The van der Waals surface area contributed by atoms with Gasteiger partial charge in [0.1, 0.15) is 0 Å². The van der Waals surface area contributed by atoms with E-state index < -0.39 is 38.6 Å². The first-order valence-electron chi connectivity index (χ1n) is 19.9. The first-order chi connectivity index (χ1) is 23.3. The number of unbranched alkanes of at least 4 members (excludes halogenated alkanes) is 23. The van der Waals surface area contributed by atoms with Crippen LogP contribution in [0.25, 0.3) is 0 Å². The first kappa shape index (κ1) is 47.2. The van der Waals surface area contributed by atoms with Crippen LogP contribution in [0.4, 0.5) is 0 Å². The van der Waals surface area contributed by atoms with E-state index in [0.29, 0.717) is 6.42 Å². The molecular formula is C38H77N2O7P. The Hall–Kier alpha value is -0.800. The van der Waals surface area contributed by atoms with Crippen molar-refractivity contribution in [1.29, 1.82) is 0 Å². The van der Waals surface area contributed by atoms with Crippen LogP contribution in [0.1, 0.15) is 187 Å². The fourth-order valence-electron chi connectivity index (χ4n) is 5.88. The van der Waals surface area contributed by atoms with Crippen LogP contribution in [-0.2, 0) is 18.4 Å². The summed E-state index contributed by atoms with van der Waals surface area (Å²) in [6.45, 7) is 3.95. The molecule has 0 spiro atoms. The van der Waals surface area contributed by atoms with Gasteiger partial charge in [-0.15, -0.1) is 0 Å². The lowest BCUT2D eigenvalue weighted by molar-refractivity contribution is -0.124.